The molecule has 1 N–H and O–H groups in total. The average Bonchev–Trinajstić information content (AvgIpc) is 2.10. The van der Waals surface area contributed by atoms with E-state index in [0.29, 0.717) is 19.4 Å². The Morgan fingerprint density at radius 3 is 2.69 bits per heavy atom. The van der Waals surface area contributed by atoms with Gasteiger partial charge in [-0.15, -0.1) is 0 Å². The van der Waals surface area contributed by atoms with E-state index in [0.717, 1.165) is 5.75 Å². The highest BCUT2D eigenvalue weighted by Crippen LogP contribution is 2.00. The molecular formula is C9H19NO2S. The molecule has 0 fully saturated rings. The minimum Gasteiger partial charge on any atom is -0.393 e. The van der Waals surface area contributed by atoms with Crippen molar-refractivity contribution in [2.24, 2.45) is 0 Å². The minimum absolute atomic E-state index is 0.162. The maximum Gasteiger partial charge on any atom is 0.223 e. The van der Waals surface area contributed by atoms with Gasteiger partial charge in [0.25, 0.3) is 0 Å². The minimum atomic E-state index is -0.323. The molecule has 0 heterocycles. The van der Waals surface area contributed by atoms with E-state index < -0.39 is 0 Å². The highest BCUT2D eigenvalue weighted by molar-refractivity contribution is 7.98. The van der Waals surface area contributed by atoms with Crippen molar-refractivity contribution < 1.29 is 9.90 Å². The lowest BCUT2D eigenvalue weighted by atomic mass is 10.2. The van der Waals surface area contributed by atoms with Crippen LogP contribution < -0.4 is 0 Å². The van der Waals surface area contributed by atoms with E-state index in [9.17, 15) is 4.79 Å². The fourth-order valence-electron chi connectivity index (χ4n) is 0.885. The van der Waals surface area contributed by atoms with Crippen molar-refractivity contribution in [1.29, 1.82) is 0 Å². The Labute approximate surface area is 84.5 Å². The Morgan fingerprint density at radius 2 is 2.23 bits per heavy atom. The first-order chi connectivity index (χ1) is 6.07. The van der Waals surface area contributed by atoms with Gasteiger partial charge in [0.05, 0.1) is 6.10 Å². The third kappa shape index (κ3) is 6.90. The van der Waals surface area contributed by atoms with Gasteiger partial charge in [-0.25, -0.2) is 0 Å². The molecule has 0 saturated carbocycles. The fraction of sp³-hybridized carbons (Fsp3) is 0.889. The Hall–Kier alpha value is -0.220. The van der Waals surface area contributed by atoms with Gasteiger partial charge in [-0.05, 0) is 19.6 Å². The Kier molecular flexibility index (Phi) is 7.09. The molecule has 0 bridgehead atoms. The van der Waals surface area contributed by atoms with E-state index >= 15 is 0 Å². The fourth-order valence-corrected chi connectivity index (χ4v) is 1.26. The standard InChI is InChI=1S/C9H19NO2S/c1-8(11)4-6-10(2)9(12)5-7-13-3/h8,11H,4-7H2,1-3H3. The Bertz CT molecular complexity index is 151. The monoisotopic (exact) mass is 205 g/mol. The molecule has 13 heavy (non-hydrogen) atoms. The third-order valence-electron chi connectivity index (χ3n) is 1.83. The van der Waals surface area contributed by atoms with Gasteiger partial charge in [0, 0.05) is 25.8 Å². The molecule has 3 nitrogen and oxygen atoms in total. The summed E-state index contributed by atoms with van der Waals surface area (Å²) in [6.45, 7) is 2.38. The van der Waals surface area contributed by atoms with E-state index in [1.54, 1.807) is 30.6 Å². The molecule has 0 aliphatic heterocycles. The average molecular weight is 205 g/mol. The van der Waals surface area contributed by atoms with Gasteiger partial charge in [-0.2, -0.15) is 11.8 Å². The third-order valence-corrected chi connectivity index (χ3v) is 2.44. The summed E-state index contributed by atoms with van der Waals surface area (Å²) in [7, 11) is 1.78. The second kappa shape index (κ2) is 7.21. The van der Waals surface area contributed by atoms with Crippen LogP contribution in [0.2, 0.25) is 0 Å². The van der Waals surface area contributed by atoms with E-state index in [1.807, 2.05) is 6.26 Å². The highest BCUT2D eigenvalue weighted by atomic mass is 32.2. The van der Waals surface area contributed by atoms with Gasteiger partial charge in [-0.1, -0.05) is 0 Å². The molecule has 0 spiro atoms. The zero-order valence-electron chi connectivity index (χ0n) is 8.62. The van der Waals surface area contributed by atoms with Crippen LogP contribution in [-0.4, -0.2) is 47.6 Å². The summed E-state index contributed by atoms with van der Waals surface area (Å²) in [4.78, 5) is 13.0. The van der Waals surface area contributed by atoms with Gasteiger partial charge in [0.2, 0.25) is 5.91 Å². The van der Waals surface area contributed by atoms with E-state index in [4.69, 9.17) is 5.11 Å². The summed E-state index contributed by atoms with van der Waals surface area (Å²) in [6, 6.07) is 0. The number of amides is 1. The largest absolute Gasteiger partial charge is 0.393 e. The molecule has 0 radical (unpaired) electrons. The van der Waals surface area contributed by atoms with Crippen molar-refractivity contribution >= 4 is 17.7 Å². The summed E-state index contributed by atoms with van der Waals surface area (Å²) < 4.78 is 0. The predicted molar refractivity (Wildman–Crippen MR) is 56.9 cm³/mol. The SMILES string of the molecule is CSCCC(=O)N(C)CCC(C)O. The van der Waals surface area contributed by atoms with E-state index in [1.165, 1.54) is 0 Å². The topological polar surface area (TPSA) is 40.5 Å². The maximum atomic E-state index is 11.3. The second-order valence-electron chi connectivity index (χ2n) is 3.20. The van der Waals surface area contributed by atoms with Gasteiger partial charge < -0.3 is 10.0 Å². The molecule has 1 atom stereocenters. The van der Waals surface area contributed by atoms with Crippen molar-refractivity contribution in [2.45, 2.75) is 25.9 Å². The van der Waals surface area contributed by atoms with Crippen LogP contribution in [0.5, 0.6) is 0 Å². The molecule has 0 rings (SSSR count). The number of aliphatic hydroxyl groups excluding tert-OH is 1. The lowest BCUT2D eigenvalue weighted by Crippen LogP contribution is -2.29. The molecule has 78 valence electrons. The Morgan fingerprint density at radius 1 is 1.62 bits per heavy atom. The van der Waals surface area contributed by atoms with Crippen LogP contribution >= 0.6 is 11.8 Å². The van der Waals surface area contributed by atoms with Crippen LogP contribution in [-0.2, 0) is 4.79 Å². The first kappa shape index (κ1) is 12.8. The van der Waals surface area contributed by atoms with E-state index in [2.05, 4.69) is 0 Å². The van der Waals surface area contributed by atoms with Crippen LogP contribution in [0.3, 0.4) is 0 Å². The molecule has 0 aromatic carbocycles. The molecular weight excluding hydrogens is 186 g/mol. The summed E-state index contributed by atoms with van der Waals surface area (Å²) in [5, 5.41) is 9.02. The number of hydrogen-bond acceptors (Lipinski definition) is 3. The van der Waals surface area contributed by atoms with Gasteiger partial charge in [0.1, 0.15) is 0 Å². The van der Waals surface area contributed by atoms with Crippen LogP contribution in [0.25, 0.3) is 0 Å². The molecule has 0 aromatic rings. The number of thioether (sulfide) groups is 1. The van der Waals surface area contributed by atoms with Gasteiger partial charge in [0.15, 0.2) is 0 Å². The second-order valence-corrected chi connectivity index (χ2v) is 4.18. The van der Waals surface area contributed by atoms with Crippen molar-refractivity contribution in [3.63, 3.8) is 0 Å². The predicted octanol–water partition coefficient (Wildman–Crippen LogP) is 0.969. The highest BCUT2D eigenvalue weighted by Gasteiger charge is 2.08. The number of aliphatic hydroxyl groups is 1. The first-order valence-corrected chi connectivity index (χ1v) is 5.88. The number of nitrogens with zero attached hydrogens (tertiary/aromatic N) is 1. The van der Waals surface area contributed by atoms with Crippen molar-refractivity contribution in [1.82, 2.24) is 4.90 Å². The zero-order chi connectivity index (χ0) is 10.3. The van der Waals surface area contributed by atoms with Crippen LogP contribution in [0.1, 0.15) is 19.8 Å². The smallest absolute Gasteiger partial charge is 0.223 e. The molecule has 0 aliphatic carbocycles. The maximum absolute atomic E-state index is 11.3. The molecule has 4 heteroatoms. The van der Waals surface area contributed by atoms with Crippen molar-refractivity contribution in [3.05, 3.63) is 0 Å². The van der Waals surface area contributed by atoms with Gasteiger partial charge in [-0.3, -0.25) is 4.79 Å². The molecule has 0 aromatic heterocycles. The quantitative estimate of drug-likeness (QED) is 0.702. The lowest BCUT2D eigenvalue weighted by molar-refractivity contribution is -0.129. The zero-order valence-corrected chi connectivity index (χ0v) is 9.43. The molecule has 1 amide bonds. The van der Waals surface area contributed by atoms with E-state index in [-0.39, 0.29) is 12.0 Å². The number of hydrogen-bond donors (Lipinski definition) is 1. The summed E-state index contributed by atoms with van der Waals surface area (Å²) >= 11 is 1.67. The number of carbonyl (C=O) groups is 1. The molecule has 0 saturated heterocycles. The molecule has 1 unspecified atom stereocenters. The first-order valence-electron chi connectivity index (χ1n) is 4.49. The lowest BCUT2D eigenvalue weighted by Gasteiger charge is -2.17. The number of rotatable bonds is 6. The van der Waals surface area contributed by atoms with Crippen LogP contribution in [0.15, 0.2) is 0 Å². The Balaban J connectivity index is 3.57. The van der Waals surface area contributed by atoms with Crippen LogP contribution in [0, 0.1) is 0 Å². The van der Waals surface area contributed by atoms with Crippen LogP contribution in [0.4, 0.5) is 0 Å². The van der Waals surface area contributed by atoms with Crippen molar-refractivity contribution in [2.75, 3.05) is 25.6 Å². The normalized spacial score (nSPS) is 12.6. The van der Waals surface area contributed by atoms with Gasteiger partial charge >= 0.3 is 0 Å². The summed E-state index contributed by atoms with van der Waals surface area (Å²) in [5.41, 5.74) is 0. The summed E-state index contributed by atoms with van der Waals surface area (Å²) in [5.74, 6) is 1.03. The van der Waals surface area contributed by atoms with Crippen molar-refractivity contribution in [3.8, 4) is 0 Å². The summed E-state index contributed by atoms with van der Waals surface area (Å²) in [6.07, 6.45) is 2.91. The molecule has 0 aliphatic rings. The number of carbonyl (C=O) groups excluding carboxylic acids is 1.